The zero-order valence-corrected chi connectivity index (χ0v) is 93.9. The van der Waals surface area contributed by atoms with Gasteiger partial charge in [-0.25, -0.2) is 24.0 Å². The van der Waals surface area contributed by atoms with Crippen molar-refractivity contribution in [1.29, 1.82) is 0 Å². The zero-order chi connectivity index (χ0) is 112. The van der Waals surface area contributed by atoms with Crippen LogP contribution in [0.4, 0.5) is 0 Å². The van der Waals surface area contributed by atoms with Crippen molar-refractivity contribution in [2.24, 2.45) is 15.3 Å². The monoisotopic (exact) mass is 2340 g/mol. The molecule has 13 rings (SSSR count). The molecule has 0 unspecified atom stereocenters. The van der Waals surface area contributed by atoms with E-state index in [2.05, 4.69) is 147 Å². The molecule has 0 atom stereocenters. The number of nitrogens with zero attached hydrogens (tertiary/aromatic N) is 12. The van der Waals surface area contributed by atoms with Crippen molar-refractivity contribution >= 4 is 219 Å². The van der Waals surface area contributed by atoms with Crippen LogP contribution in [0.15, 0.2) is 144 Å². The third kappa shape index (κ3) is 39.4. The number of halogens is 4. The van der Waals surface area contributed by atoms with Gasteiger partial charge in [-0.1, -0.05) is 44.8 Å². The van der Waals surface area contributed by atoms with E-state index in [9.17, 15) is 58.3 Å². The van der Waals surface area contributed by atoms with E-state index in [-0.39, 0.29) is 118 Å². The minimum Gasteiger partial charge on any atom is -0.508 e. The first-order chi connectivity index (χ1) is 69.0. The normalized spacial score (nSPS) is 13.6. The van der Waals surface area contributed by atoms with Crippen molar-refractivity contribution in [3.05, 3.63) is 210 Å². The molecule has 49 nitrogen and oxygen atoms in total. The summed E-state index contributed by atoms with van der Waals surface area (Å²) in [5.74, 6) is -0.991. The van der Waals surface area contributed by atoms with Crippen LogP contribution >= 0.6 is 63.7 Å². The fourth-order valence-corrected chi connectivity index (χ4v) is 13.8. The molecule has 59 heteroatoms. The van der Waals surface area contributed by atoms with Crippen LogP contribution in [-0.2, 0) is 85.0 Å². The summed E-state index contributed by atoms with van der Waals surface area (Å²) >= 11 is 12.9. The SMILES string of the molecule is C.CC1(C)OB(B2OC(C)(C)C(C)(C)O2)OC1(C)C.COC(=O)/C(=C/c1ccc(OC)c(Br)c1)N=[N+]=[N-].COC(=O)CBr.COC(=O)CN=[N+]=[N-].COC(=O)CN=[N+]=[N-].COC(=O)c1cc2cc(B(O)O)c(O)cc2[nH]1.COC(=O)c1cc2cc(B(O)O)c(OC)cc2[nH]1.COC(=O)c1cc2cc(B3OC(C)(C)C(C)(C)O3)c(OC)cc2[nH]1.COC(=O)c1cc2cc(Br)c(OC)cc2[nH]1.COc1ccc(C=O)cc1Br.[N-]=[N+]=[N-].[Na+]. The smallest absolute Gasteiger partial charge is 0.508 e. The molecular formula is C90H114B5Br4N16NaO33. The van der Waals surface area contributed by atoms with E-state index in [0.717, 1.165) is 52.7 Å². The summed E-state index contributed by atoms with van der Waals surface area (Å²) in [5, 5.41) is 58.5. The minimum atomic E-state index is -1.77. The Morgan fingerprint density at radius 1 is 0.403 bits per heavy atom. The average Bonchev–Trinajstić information content (AvgIpc) is 1.55. The Labute approximate surface area is 914 Å². The van der Waals surface area contributed by atoms with Crippen molar-refractivity contribution in [1.82, 2.24) is 19.9 Å². The number of azide groups is 3. The van der Waals surface area contributed by atoms with E-state index in [1.54, 1.807) is 95.2 Å². The van der Waals surface area contributed by atoms with Gasteiger partial charge in [0.1, 0.15) is 87.7 Å². The number of aromatic hydroxyl groups is 1. The number of aromatic nitrogens is 4. The summed E-state index contributed by atoms with van der Waals surface area (Å²) in [6.45, 7) is 23.8. The van der Waals surface area contributed by atoms with Crippen LogP contribution in [0.5, 0.6) is 34.5 Å². The number of phenolic OH excluding ortho intramolecular Hbond substituents is 1. The number of nitrogens with one attached hydrogen (secondary N) is 4. The number of phenols is 1. The number of benzene rings is 6. The maximum atomic E-state index is 11.7. The average molecular weight is 2340 g/mol. The summed E-state index contributed by atoms with van der Waals surface area (Å²) in [6, 6.07) is 30.2. The van der Waals surface area contributed by atoms with Gasteiger partial charge in [-0.15, -0.1) is 0 Å². The number of aldehydes is 1. The predicted octanol–water partition coefficient (Wildman–Crippen LogP) is 11.8. The van der Waals surface area contributed by atoms with Gasteiger partial charge in [-0.05, 0) is 238 Å². The second kappa shape index (κ2) is 63.5. The molecule has 0 spiro atoms. The van der Waals surface area contributed by atoms with Crippen LogP contribution in [0.2, 0.25) is 0 Å². The molecule has 10 aromatic rings. The summed E-state index contributed by atoms with van der Waals surface area (Å²) in [6.07, 6.45) is 2.22. The van der Waals surface area contributed by atoms with E-state index in [1.165, 1.54) is 93.2 Å². The number of hydrogen-bond donors (Lipinski definition) is 9. The van der Waals surface area contributed by atoms with Crippen LogP contribution in [0.25, 0.3) is 97.0 Å². The summed E-state index contributed by atoms with van der Waals surface area (Å²) in [4.78, 5) is 118. The van der Waals surface area contributed by atoms with Crippen molar-refractivity contribution in [3.8, 4) is 34.5 Å². The van der Waals surface area contributed by atoms with Gasteiger partial charge in [0.05, 0.1) is 139 Å². The molecule has 796 valence electrons. The van der Waals surface area contributed by atoms with Crippen LogP contribution < -0.4 is 69.6 Å². The van der Waals surface area contributed by atoms with E-state index in [1.807, 2.05) is 107 Å². The molecule has 3 aliphatic heterocycles. The Balaban J connectivity index is 0.000000840. The molecule has 0 radical (unpaired) electrons. The first kappa shape index (κ1) is 135. The second-order valence-corrected chi connectivity index (χ2v) is 35.7. The molecule has 0 aliphatic carbocycles. The number of methoxy groups -OCH3 is 13. The van der Waals surface area contributed by atoms with Crippen molar-refractivity contribution in [2.75, 3.05) is 111 Å². The third-order valence-corrected chi connectivity index (χ3v) is 24.0. The van der Waals surface area contributed by atoms with E-state index in [4.69, 9.17) is 94.1 Å². The van der Waals surface area contributed by atoms with Crippen molar-refractivity contribution < 1.29 is 187 Å². The summed E-state index contributed by atoms with van der Waals surface area (Å²) < 4.78 is 99.8. The maximum absolute atomic E-state index is 11.7. The number of alkyl halides is 1. The Kier molecular flexibility index (Phi) is 57.3. The van der Waals surface area contributed by atoms with Gasteiger partial charge in [0.25, 0.3) is 0 Å². The number of fused-ring (bicyclic) bond motifs is 4. The molecule has 0 bridgehead atoms. The van der Waals surface area contributed by atoms with Crippen LogP contribution in [0.1, 0.15) is 148 Å². The van der Waals surface area contributed by atoms with E-state index < -0.39 is 82.4 Å². The fourth-order valence-electron chi connectivity index (χ4n) is 12.0. The van der Waals surface area contributed by atoms with Gasteiger partial charge in [0.2, 0.25) is 0 Å². The number of rotatable bonds is 22. The Hall–Kier alpha value is -12.5. The minimum absolute atomic E-state index is 0. The summed E-state index contributed by atoms with van der Waals surface area (Å²) in [5.41, 5.74) is 41.2. The number of H-pyrrole nitrogens is 4. The molecular weight excluding hydrogens is 2230 g/mol. The first-order valence-corrected chi connectivity index (χ1v) is 46.0. The van der Waals surface area contributed by atoms with E-state index >= 15 is 0 Å². The molecule has 0 saturated carbocycles. The van der Waals surface area contributed by atoms with Gasteiger partial charge in [0.15, 0.2) is 0 Å². The number of aromatic amines is 4. The molecule has 149 heavy (non-hydrogen) atoms. The van der Waals surface area contributed by atoms with Crippen molar-refractivity contribution in [3.63, 3.8) is 0 Å². The van der Waals surface area contributed by atoms with Crippen LogP contribution in [-0.4, -0.2) is 279 Å². The second-order valence-electron chi connectivity index (χ2n) is 32.6. The number of carbonyl (C=O) groups is 9. The molecule has 6 aromatic carbocycles. The standard InChI is InChI=1S/C17H22BNO5.C12H24B2O4.C11H12BNO5.C11H10BrN3O3.C11H10BrNO3.C10H10BNO5.C8H7BrO2.C3H5BrO2.2C3H5N3O2.CH4.N3.Na/c1-16(2)17(3,4)24-18(23-16)11-7-10-8-13(15(20)22-6)19-12(10)9-14(11)21-5;1-9(2)10(3,4)16-13(15-9)14-17-11(5,6)12(7,8)18-14;1-17-10-5-8-6(3-7(10)12(15)16)4-9(13-8)11(14)18-2;1-17-10-4-3-7(5-8(10)12)6-9(14-15-13)11(16)18-2;1-15-10-5-8-6(3-7(10)12)4-9(13-8)11(14)16-2;1-17-10(14)8-3-5-2-6(11(15)16)9(13)4-7(5)12-8;1-11-8-3-2-6(5-10)4-7(8)9;1-6-3(5)2-4;2*1-8-3(7)2-5-6-4;;1-3-2;/h7-9,19H,1-6H3;1-8H3;3-5,13,15-16H,1-2H3;3-6H,1-2H3;3-5,13H,1-2H3;2-4,12-13,15-16H,1H3;2-5H,1H3;2H2,1H3;2*2H2,1H3;1H4;;/q;;;;;;;;;;;-1;+1/b;;;9-6-;;;;;;;;;. The zero-order valence-electron chi connectivity index (χ0n) is 85.6. The van der Waals surface area contributed by atoms with Crippen molar-refractivity contribution in [2.45, 2.75) is 124 Å². The Bertz CT molecular complexity index is 6340. The quantitative estimate of drug-likeness (QED) is 0.00350. The maximum Gasteiger partial charge on any atom is 1.00 e. The topological polar surface area (TPSA) is 698 Å². The van der Waals surface area contributed by atoms with Gasteiger partial charge in [0, 0.05) is 105 Å². The molecule has 0 amide bonds. The van der Waals surface area contributed by atoms with Gasteiger partial charge >= 0.3 is 113 Å². The Morgan fingerprint density at radius 2 is 0.718 bits per heavy atom. The number of ether oxygens (including phenoxy) is 13. The van der Waals surface area contributed by atoms with E-state index in [0.29, 0.717) is 73.0 Å². The number of carbonyl (C=O) groups excluding carboxylic acids is 9. The first-order valence-electron chi connectivity index (χ1n) is 42.5. The number of esters is 8. The predicted molar refractivity (Wildman–Crippen MR) is 566 cm³/mol. The van der Waals surface area contributed by atoms with Crippen LogP contribution in [0, 0.1) is 0 Å². The molecule has 4 aromatic heterocycles. The van der Waals surface area contributed by atoms with Crippen LogP contribution in [0.3, 0.4) is 0 Å². The molecule has 7 heterocycles. The largest absolute Gasteiger partial charge is 1.00 e. The molecule has 9 N–H and O–H groups in total. The molecule has 3 aliphatic rings. The number of hydrogen-bond acceptors (Lipinski definition) is 36. The fraction of sp³-hybridized carbons (Fsp3) is 0.389. The third-order valence-electron chi connectivity index (χ3n) is 21.7. The van der Waals surface area contributed by atoms with Gasteiger partial charge in [-0.3, -0.25) is 24.1 Å². The van der Waals surface area contributed by atoms with Gasteiger partial charge in [-0.2, -0.15) is 0 Å². The van der Waals surface area contributed by atoms with Gasteiger partial charge < -0.3 is 146 Å². The molecule has 3 saturated heterocycles. The summed E-state index contributed by atoms with van der Waals surface area (Å²) in [7, 11) is 13.1. The molecule has 3 fully saturated rings. The Morgan fingerprint density at radius 3 is 1.03 bits per heavy atom.